The maximum absolute atomic E-state index is 5.74. The number of benzene rings is 1. The van der Waals surface area contributed by atoms with E-state index in [0.717, 1.165) is 31.0 Å². The van der Waals surface area contributed by atoms with Gasteiger partial charge in [0.2, 0.25) is 0 Å². The van der Waals surface area contributed by atoms with Crippen LogP contribution in [0, 0.1) is 6.92 Å². The normalized spacial score (nSPS) is 11.7. The monoisotopic (exact) mass is 261 g/mol. The number of rotatable bonds is 6. The summed E-state index contributed by atoms with van der Waals surface area (Å²) in [5, 5.41) is 0. The standard InChI is InChI=1S/C12H19NOS.ClH/c1-10-4-6-12(7-5-10)14-8-2-3-11(13)9-15;/h4-7,11,15H,2-3,8-9,13H2,1H3;1H. The van der Waals surface area contributed by atoms with Crippen LogP contribution in [0.15, 0.2) is 24.3 Å². The Kier molecular flexibility index (Phi) is 8.53. The minimum Gasteiger partial charge on any atom is -0.494 e. The number of hydrogen-bond acceptors (Lipinski definition) is 3. The van der Waals surface area contributed by atoms with Crippen LogP contribution in [0.1, 0.15) is 18.4 Å². The molecule has 16 heavy (non-hydrogen) atoms. The SMILES string of the molecule is Cc1ccc(OCCCC(N)CS)cc1.Cl. The highest BCUT2D eigenvalue weighted by molar-refractivity contribution is 7.80. The Hall–Kier alpha value is -0.380. The van der Waals surface area contributed by atoms with Crippen LogP contribution in [-0.2, 0) is 0 Å². The summed E-state index contributed by atoms with van der Waals surface area (Å²) in [4.78, 5) is 0. The molecule has 0 saturated heterocycles. The zero-order chi connectivity index (χ0) is 11.1. The van der Waals surface area contributed by atoms with Crippen LogP contribution in [0.4, 0.5) is 0 Å². The third-order valence-corrected chi connectivity index (χ3v) is 2.71. The highest BCUT2D eigenvalue weighted by Crippen LogP contribution is 2.11. The highest BCUT2D eigenvalue weighted by atomic mass is 35.5. The Bertz CT molecular complexity index is 279. The van der Waals surface area contributed by atoms with Gasteiger partial charge in [0, 0.05) is 11.8 Å². The second kappa shape index (κ2) is 8.74. The van der Waals surface area contributed by atoms with Crippen LogP contribution in [0.3, 0.4) is 0 Å². The van der Waals surface area contributed by atoms with E-state index in [0.29, 0.717) is 0 Å². The van der Waals surface area contributed by atoms with Crippen molar-refractivity contribution in [3.63, 3.8) is 0 Å². The minimum atomic E-state index is 0. The summed E-state index contributed by atoms with van der Waals surface area (Å²) >= 11 is 4.13. The maximum Gasteiger partial charge on any atom is 0.119 e. The van der Waals surface area contributed by atoms with Gasteiger partial charge in [-0.2, -0.15) is 12.6 Å². The number of nitrogens with two attached hydrogens (primary N) is 1. The van der Waals surface area contributed by atoms with Crippen LogP contribution in [-0.4, -0.2) is 18.4 Å². The second-order valence-corrected chi connectivity index (χ2v) is 4.11. The van der Waals surface area contributed by atoms with Crippen molar-refractivity contribution in [3.05, 3.63) is 29.8 Å². The Morgan fingerprint density at radius 3 is 2.50 bits per heavy atom. The highest BCUT2D eigenvalue weighted by Gasteiger charge is 1.99. The molecule has 0 amide bonds. The van der Waals surface area contributed by atoms with Crippen molar-refractivity contribution in [2.24, 2.45) is 5.73 Å². The molecule has 1 aromatic rings. The Morgan fingerprint density at radius 1 is 1.31 bits per heavy atom. The summed E-state index contributed by atoms with van der Waals surface area (Å²) in [6.07, 6.45) is 1.95. The van der Waals surface area contributed by atoms with Gasteiger partial charge in [0.15, 0.2) is 0 Å². The van der Waals surface area contributed by atoms with Crippen LogP contribution < -0.4 is 10.5 Å². The van der Waals surface area contributed by atoms with Gasteiger partial charge in [0.1, 0.15) is 5.75 Å². The van der Waals surface area contributed by atoms with E-state index in [1.165, 1.54) is 5.56 Å². The van der Waals surface area contributed by atoms with E-state index in [4.69, 9.17) is 10.5 Å². The molecule has 0 spiro atoms. The molecule has 0 heterocycles. The average Bonchev–Trinajstić information content (AvgIpc) is 2.26. The number of hydrogen-bond donors (Lipinski definition) is 2. The summed E-state index contributed by atoms with van der Waals surface area (Å²) in [6.45, 7) is 2.79. The van der Waals surface area contributed by atoms with Gasteiger partial charge in [-0.15, -0.1) is 12.4 Å². The molecule has 2 N–H and O–H groups in total. The minimum absolute atomic E-state index is 0. The fraction of sp³-hybridized carbons (Fsp3) is 0.500. The molecule has 1 unspecified atom stereocenters. The van der Waals surface area contributed by atoms with E-state index >= 15 is 0 Å². The quantitative estimate of drug-likeness (QED) is 0.610. The maximum atomic E-state index is 5.74. The van der Waals surface area contributed by atoms with Gasteiger partial charge < -0.3 is 10.5 Å². The van der Waals surface area contributed by atoms with Gasteiger partial charge in [0.05, 0.1) is 6.61 Å². The van der Waals surface area contributed by atoms with Gasteiger partial charge in [0.25, 0.3) is 0 Å². The predicted molar refractivity (Wildman–Crippen MR) is 75.0 cm³/mol. The van der Waals surface area contributed by atoms with E-state index in [1.807, 2.05) is 12.1 Å². The van der Waals surface area contributed by atoms with Crippen LogP contribution >= 0.6 is 25.0 Å². The lowest BCUT2D eigenvalue weighted by atomic mass is 10.2. The Balaban J connectivity index is 0.00000225. The number of thiol groups is 1. The predicted octanol–water partition coefficient (Wildman–Crippen LogP) is 2.83. The molecule has 92 valence electrons. The van der Waals surface area contributed by atoms with E-state index < -0.39 is 0 Å². The van der Waals surface area contributed by atoms with Crippen molar-refractivity contribution in [1.82, 2.24) is 0 Å². The first-order chi connectivity index (χ1) is 7.22. The zero-order valence-electron chi connectivity index (χ0n) is 9.56. The van der Waals surface area contributed by atoms with E-state index in [9.17, 15) is 0 Å². The molecular weight excluding hydrogens is 242 g/mol. The van der Waals surface area contributed by atoms with E-state index in [2.05, 4.69) is 31.7 Å². The van der Waals surface area contributed by atoms with Crippen LogP contribution in [0.25, 0.3) is 0 Å². The van der Waals surface area contributed by atoms with Crippen molar-refractivity contribution in [2.75, 3.05) is 12.4 Å². The van der Waals surface area contributed by atoms with Crippen molar-refractivity contribution in [3.8, 4) is 5.75 Å². The fourth-order valence-corrected chi connectivity index (χ4v) is 1.44. The molecule has 0 bridgehead atoms. The molecule has 0 aliphatic carbocycles. The van der Waals surface area contributed by atoms with Gasteiger partial charge >= 0.3 is 0 Å². The van der Waals surface area contributed by atoms with E-state index in [1.54, 1.807) is 0 Å². The van der Waals surface area contributed by atoms with Gasteiger partial charge in [-0.1, -0.05) is 17.7 Å². The third kappa shape index (κ3) is 6.26. The van der Waals surface area contributed by atoms with Crippen LogP contribution in [0.2, 0.25) is 0 Å². The molecule has 1 aromatic carbocycles. The first-order valence-electron chi connectivity index (χ1n) is 5.28. The topological polar surface area (TPSA) is 35.2 Å². The fourth-order valence-electron chi connectivity index (χ4n) is 1.26. The lowest BCUT2D eigenvalue weighted by molar-refractivity contribution is 0.303. The summed E-state index contributed by atoms with van der Waals surface area (Å²) in [7, 11) is 0. The Morgan fingerprint density at radius 2 is 1.94 bits per heavy atom. The summed E-state index contributed by atoms with van der Waals surface area (Å²) in [6, 6.07) is 8.28. The molecule has 0 aliphatic rings. The molecular formula is C12H20ClNOS. The van der Waals surface area contributed by atoms with Crippen molar-refractivity contribution in [1.29, 1.82) is 0 Å². The van der Waals surface area contributed by atoms with Gasteiger partial charge in [-0.3, -0.25) is 0 Å². The first kappa shape index (κ1) is 15.6. The van der Waals surface area contributed by atoms with Gasteiger partial charge in [-0.05, 0) is 31.9 Å². The van der Waals surface area contributed by atoms with Crippen LogP contribution in [0.5, 0.6) is 5.75 Å². The second-order valence-electron chi connectivity index (χ2n) is 3.75. The van der Waals surface area contributed by atoms with E-state index in [-0.39, 0.29) is 18.4 Å². The molecule has 1 rings (SSSR count). The molecule has 0 fully saturated rings. The number of ether oxygens (including phenoxy) is 1. The lowest BCUT2D eigenvalue weighted by Crippen LogP contribution is -2.22. The smallest absolute Gasteiger partial charge is 0.119 e. The third-order valence-electron chi connectivity index (χ3n) is 2.24. The molecule has 0 aromatic heterocycles. The first-order valence-corrected chi connectivity index (χ1v) is 5.91. The zero-order valence-corrected chi connectivity index (χ0v) is 11.3. The lowest BCUT2D eigenvalue weighted by Gasteiger charge is -2.09. The molecule has 4 heteroatoms. The molecule has 0 aliphatic heterocycles. The summed E-state index contributed by atoms with van der Waals surface area (Å²) < 4.78 is 5.58. The number of aryl methyl sites for hydroxylation is 1. The molecule has 2 nitrogen and oxygen atoms in total. The van der Waals surface area contributed by atoms with Crippen molar-refractivity contribution in [2.45, 2.75) is 25.8 Å². The van der Waals surface area contributed by atoms with Crippen molar-refractivity contribution >= 4 is 25.0 Å². The Labute approximate surface area is 109 Å². The van der Waals surface area contributed by atoms with Gasteiger partial charge in [-0.25, -0.2) is 0 Å². The largest absolute Gasteiger partial charge is 0.494 e. The summed E-state index contributed by atoms with van der Waals surface area (Å²) in [5.74, 6) is 1.67. The van der Waals surface area contributed by atoms with Crippen molar-refractivity contribution < 1.29 is 4.74 Å². The number of halogens is 1. The molecule has 0 radical (unpaired) electrons. The average molecular weight is 262 g/mol. The molecule has 1 atom stereocenters. The molecule has 0 saturated carbocycles. The summed E-state index contributed by atoms with van der Waals surface area (Å²) in [5.41, 5.74) is 6.99.